The van der Waals surface area contributed by atoms with Gasteiger partial charge in [0.1, 0.15) is 0 Å². The normalized spacial score (nSPS) is 20.9. The Hall–Kier alpha value is -1.40. The molecule has 5 nitrogen and oxygen atoms in total. The summed E-state index contributed by atoms with van der Waals surface area (Å²) in [5.74, 6) is -0.114. The van der Waals surface area contributed by atoms with Crippen LogP contribution in [0.4, 0.5) is 5.69 Å². The van der Waals surface area contributed by atoms with Gasteiger partial charge in [-0.3, -0.25) is 4.79 Å². The SMILES string of the molecule is CS(=O)(=O)c1ccc(N2CCC(N)C2=O)cc1. The molecule has 6 heteroatoms. The van der Waals surface area contributed by atoms with Crippen LogP contribution in [0.5, 0.6) is 0 Å². The Kier molecular flexibility index (Phi) is 2.92. The molecule has 0 aromatic heterocycles. The van der Waals surface area contributed by atoms with Crippen LogP contribution >= 0.6 is 0 Å². The van der Waals surface area contributed by atoms with E-state index in [-0.39, 0.29) is 10.8 Å². The zero-order valence-electron chi connectivity index (χ0n) is 9.46. The summed E-state index contributed by atoms with van der Waals surface area (Å²) in [4.78, 5) is 13.5. The van der Waals surface area contributed by atoms with E-state index in [0.29, 0.717) is 18.7 Å². The second kappa shape index (κ2) is 4.12. The van der Waals surface area contributed by atoms with Crippen LogP contribution in [0.2, 0.25) is 0 Å². The lowest BCUT2D eigenvalue weighted by Crippen LogP contribution is -2.33. The van der Waals surface area contributed by atoms with Crippen LogP contribution in [0.1, 0.15) is 6.42 Å². The minimum Gasteiger partial charge on any atom is -0.320 e. The number of anilines is 1. The summed E-state index contributed by atoms with van der Waals surface area (Å²) < 4.78 is 22.6. The Morgan fingerprint density at radius 1 is 1.29 bits per heavy atom. The van der Waals surface area contributed by atoms with Crippen molar-refractivity contribution in [2.45, 2.75) is 17.4 Å². The molecule has 92 valence electrons. The average molecular weight is 254 g/mol. The van der Waals surface area contributed by atoms with Gasteiger partial charge in [-0.1, -0.05) is 0 Å². The van der Waals surface area contributed by atoms with Gasteiger partial charge in [0, 0.05) is 18.5 Å². The van der Waals surface area contributed by atoms with Gasteiger partial charge in [-0.15, -0.1) is 0 Å². The van der Waals surface area contributed by atoms with Crippen molar-refractivity contribution in [1.29, 1.82) is 0 Å². The van der Waals surface area contributed by atoms with E-state index in [4.69, 9.17) is 5.73 Å². The Bertz CT molecular complexity index is 536. The van der Waals surface area contributed by atoms with Crippen molar-refractivity contribution in [3.05, 3.63) is 24.3 Å². The van der Waals surface area contributed by atoms with Crippen molar-refractivity contribution < 1.29 is 13.2 Å². The standard InChI is InChI=1S/C11H14N2O3S/c1-17(15,16)9-4-2-8(3-5-9)13-7-6-10(12)11(13)14/h2-5,10H,6-7,12H2,1H3. The summed E-state index contributed by atoms with van der Waals surface area (Å²) in [6.45, 7) is 0.582. The minimum absolute atomic E-state index is 0.114. The van der Waals surface area contributed by atoms with Crippen molar-refractivity contribution >= 4 is 21.4 Å². The van der Waals surface area contributed by atoms with Gasteiger partial charge in [0.2, 0.25) is 5.91 Å². The first-order valence-electron chi connectivity index (χ1n) is 5.26. The van der Waals surface area contributed by atoms with Crippen molar-refractivity contribution in [1.82, 2.24) is 0 Å². The molecule has 1 aromatic rings. The zero-order valence-corrected chi connectivity index (χ0v) is 10.3. The second-order valence-corrected chi connectivity index (χ2v) is 6.17. The van der Waals surface area contributed by atoms with E-state index < -0.39 is 15.9 Å². The highest BCUT2D eigenvalue weighted by atomic mass is 32.2. The summed E-state index contributed by atoms with van der Waals surface area (Å²) in [5.41, 5.74) is 6.31. The maximum atomic E-state index is 11.7. The second-order valence-electron chi connectivity index (χ2n) is 4.15. The third kappa shape index (κ3) is 2.32. The molecule has 1 fully saturated rings. The molecule has 0 radical (unpaired) electrons. The molecule has 17 heavy (non-hydrogen) atoms. The number of hydrogen-bond acceptors (Lipinski definition) is 4. The smallest absolute Gasteiger partial charge is 0.243 e. The minimum atomic E-state index is -3.20. The number of carbonyl (C=O) groups excluding carboxylic acids is 1. The molecule has 2 N–H and O–H groups in total. The van der Waals surface area contributed by atoms with Gasteiger partial charge in [0.05, 0.1) is 10.9 Å². The molecule has 2 rings (SSSR count). The van der Waals surface area contributed by atoms with Crippen LogP contribution in [0.3, 0.4) is 0 Å². The van der Waals surface area contributed by atoms with Crippen molar-refractivity contribution in [2.24, 2.45) is 5.73 Å². The Labute approximate surface area is 100 Å². The number of benzene rings is 1. The first-order valence-corrected chi connectivity index (χ1v) is 7.16. The highest BCUT2D eigenvalue weighted by molar-refractivity contribution is 7.90. The molecule has 0 bridgehead atoms. The van der Waals surface area contributed by atoms with Gasteiger partial charge in [0.15, 0.2) is 9.84 Å². The maximum Gasteiger partial charge on any atom is 0.243 e. The molecule has 1 atom stereocenters. The van der Waals surface area contributed by atoms with Gasteiger partial charge in [-0.2, -0.15) is 0 Å². The largest absolute Gasteiger partial charge is 0.320 e. The number of rotatable bonds is 2. The number of sulfone groups is 1. The van der Waals surface area contributed by atoms with Crippen LogP contribution in [-0.4, -0.2) is 33.2 Å². The molecule has 1 aromatic carbocycles. The van der Waals surface area contributed by atoms with Gasteiger partial charge >= 0.3 is 0 Å². The van der Waals surface area contributed by atoms with Crippen LogP contribution in [0.25, 0.3) is 0 Å². The highest BCUT2D eigenvalue weighted by Crippen LogP contribution is 2.22. The number of carbonyl (C=O) groups is 1. The van der Waals surface area contributed by atoms with E-state index in [1.807, 2.05) is 0 Å². The van der Waals surface area contributed by atoms with Gasteiger partial charge < -0.3 is 10.6 Å². The quantitative estimate of drug-likeness (QED) is 0.815. The maximum absolute atomic E-state index is 11.7. The molecular weight excluding hydrogens is 240 g/mol. The Morgan fingerprint density at radius 2 is 1.88 bits per heavy atom. The molecule has 1 aliphatic heterocycles. The molecule has 1 amide bonds. The van der Waals surface area contributed by atoms with E-state index in [2.05, 4.69) is 0 Å². The van der Waals surface area contributed by atoms with Crippen LogP contribution in [0, 0.1) is 0 Å². The average Bonchev–Trinajstić information content (AvgIpc) is 2.59. The molecule has 1 aliphatic rings. The van der Waals surface area contributed by atoms with Gasteiger partial charge in [-0.25, -0.2) is 8.42 Å². The van der Waals surface area contributed by atoms with Crippen LogP contribution in [0.15, 0.2) is 29.2 Å². The summed E-state index contributed by atoms with van der Waals surface area (Å²) in [6, 6.07) is 5.83. The summed E-state index contributed by atoms with van der Waals surface area (Å²) in [5, 5.41) is 0. The Balaban J connectivity index is 2.28. The molecule has 0 saturated carbocycles. The fourth-order valence-electron chi connectivity index (χ4n) is 1.83. The lowest BCUT2D eigenvalue weighted by Gasteiger charge is -2.16. The third-order valence-corrected chi connectivity index (χ3v) is 3.95. The van der Waals surface area contributed by atoms with E-state index >= 15 is 0 Å². The number of hydrogen-bond donors (Lipinski definition) is 1. The highest BCUT2D eigenvalue weighted by Gasteiger charge is 2.29. The third-order valence-electron chi connectivity index (χ3n) is 2.82. The first-order chi connectivity index (χ1) is 7.89. The predicted octanol–water partition coefficient (Wildman–Crippen LogP) is 0.154. The zero-order chi connectivity index (χ0) is 12.6. The number of amides is 1. The number of nitrogens with zero attached hydrogens (tertiary/aromatic N) is 1. The lowest BCUT2D eigenvalue weighted by atomic mass is 10.3. The molecule has 1 unspecified atom stereocenters. The summed E-state index contributed by atoms with van der Waals surface area (Å²) in [6.07, 6.45) is 1.78. The van der Waals surface area contributed by atoms with Crippen molar-refractivity contribution in [3.8, 4) is 0 Å². The molecule has 1 heterocycles. The predicted molar refractivity (Wildman–Crippen MR) is 64.5 cm³/mol. The van der Waals surface area contributed by atoms with Crippen molar-refractivity contribution in [3.63, 3.8) is 0 Å². The van der Waals surface area contributed by atoms with Crippen LogP contribution in [-0.2, 0) is 14.6 Å². The van der Waals surface area contributed by atoms with Crippen LogP contribution < -0.4 is 10.6 Å². The summed E-state index contributed by atoms with van der Waals surface area (Å²) in [7, 11) is -3.20. The molecule has 0 spiro atoms. The van der Waals surface area contributed by atoms with Gasteiger partial charge in [-0.05, 0) is 30.7 Å². The fourth-order valence-corrected chi connectivity index (χ4v) is 2.46. The lowest BCUT2D eigenvalue weighted by molar-refractivity contribution is -0.118. The topological polar surface area (TPSA) is 80.5 Å². The molecule has 0 aliphatic carbocycles. The number of nitrogens with two attached hydrogens (primary N) is 1. The molecular formula is C11H14N2O3S. The van der Waals surface area contributed by atoms with Crippen molar-refractivity contribution in [2.75, 3.05) is 17.7 Å². The summed E-state index contributed by atoms with van der Waals surface area (Å²) >= 11 is 0. The fraction of sp³-hybridized carbons (Fsp3) is 0.364. The van der Waals surface area contributed by atoms with E-state index in [1.165, 1.54) is 12.1 Å². The van der Waals surface area contributed by atoms with E-state index in [9.17, 15) is 13.2 Å². The molecule has 1 saturated heterocycles. The van der Waals surface area contributed by atoms with E-state index in [0.717, 1.165) is 6.26 Å². The first kappa shape index (κ1) is 12.1. The van der Waals surface area contributed by atoms with E-state index in [1.54, 1.807) is 17.0 Å². The van der Waals surface area contributed by atoms with Gasteiger partial charge in [0.25, 0.3) is 0 Å². The monoisotopic (exact) mass is 254 g/mol. The Morgan fingerprint density at radius 3 is 2.29 bits per heavy atom.